The molecule has 1 rings (SSSR count). The van der Waals surface area contributed by atoms with Gasteiger partial charge in [0.2, 0.25) is 4.32 Å². The van der Waals surface area contributed by atoms with Crippen LogP contribution in [0.5, 0.6) is 0 Å². The molecule has 0 amide bonds. The molecule has 94 valence electrons. The predicted octanol–water partition coefficient (Wildman–Crippen LogP) is 2.87. The highest BCUT2D eigenvalue weighted by atomic mass is 32.2. The van der Waals surface area contributed by atoms with E-state index >= 15 is 0 Å². The molecular formula is C11H16N2O2S2. The van der Waals surface area contributed by atoms with Crippen molar-refractivity contribution in [3.8, 4) is 0 Å². The number of hydrogen-bond acceptors (Lipinski definition) is 5. The van der Waals surface area contributed by atoms with Crippen molar-refractivity contribution in [2.75, 3.05) is 0 Å². The van der Waals surface area contributed by atoms with E-state index in [-0.39, 0.29) is 5.97 Å². The van der Waals surface area contributed by atoms with Gasteiger partial charge in [-0.15, -0.1) is 0 Å². The number of hydrogen-bond donors (Lipinski definition) is 0. The summed E-state index contributed by atoms with van der Waals surface area (Å²) in [6.07, 6.45) is 0. The summed E-state index contributed by atoms with van der Waals surface area (Å²) < 4.78 is 7.06. The fraction of sp³-hybridized carbons (Fsp3) is 0.545. The SMILES string of the molecule is Cc1cc(C)n(C(=S)SOC(=O)C(C)(C)C)n1. The Kier molecular flexibility index (Phi) is 4.32. The number of nitrogens with zero attached hydrogens (tertiary/aromatic N) is 2. The average Bonchev–Trinajstić information content (AvgIpc) is 2.52. The van der Waals surface area contributed by atoms with Gasteiger partial charge in [-0.05, 0) is 52.9 Å². The van der Waals surface area contributed by atoms with Crippen LogP contribution in [-0.2, 0) is 8.98 Å². The molecule has 0 fully saturated rings. The second kappa shape index (κ2) is 5.18. The third-order valence-corrected chi connectivity index (χ3v) is 2.91. The van der Waals surface area contributed by atoms with Crippen molar-refractivity contribution in [2.45, 2.75) is 34.6 Å². The van der Waals surface area contributed by atoms with E-state index in [4.69, 9.17) is 16.4 Å². The first kappa shape index (κ1) is 14.2. The van der Waals surface area contributed by atoms with Gasteiger partial charge in [-0.3, -0.25) is 4.79 Å². The van der Waals surface area contributed by atoms with Gasteiger partial charge in [-0.1, -0.05) is 0 Å². The summed E-state index contributed by atoms with van der Waals surface area (Å²) in [5.74, 6) is -0.300. The molecule has 0 N–H and O–H groups in total. The van der Waals surface area contributed by atoms with Crippen molar-refractivity contribution in [2.24, 2.45) is 5.41 Å². The molecule has 0 aliphatic carbocycles. The summed E-state index contributed by atoms with van der Waals surface area (Å²) in [5, 5.41) is 4.21. The van der Waals surface area contributed by atoms with Crippen LogP contribution >= 0.6 is 24.3 Å². The Morgan fingerprint density at radius 1 is 1.47 bits per heavy atom. The normalized spacial score (nSPS) is 11.4. The molecule has 0 atom stereocenters. The highest BCUT2D eigenvalue weighted by Crippen LogP contribution is 2.21. The standard InChI is InChI=1S/C11H16N2O2S2/c1-7-6-8(2)13(12-7)10(16)17-15-9(14)11(3,4)5/h6H,1-5H3. The van der Waals surface area contributed by atoms with Crippen LogP contribution in [0, 0.1) is 19.3 Å². The lowest BCUT2D eigenvalue weighted by Crippen LogP contribution is -2.22. The van der Waals surface area contributed by atoms with Crippen LogP contribution in [0.25, 0.3) is 0 Å². The predicted molar refractivity (Wildman–Crippen MR) is 72.8 cm³/mol. The molecule has 17 heavy (non-hydrogen) atoms. The van der Waals surface area contributed by atoms with E-state index in [0.29, 0.717) is 4.32 Å². The first-order valence-corrected chi connectivity index (χ1v) is 6.33. The van der Waals surface area contributed by atoms with Crippen molar-refractivity contribution in [1.82, 2.24) is 9.78 Å². The van der Waals surface area contributed by atoms with E-state index in [1.54, 1.807) is 25.5 Å². The molecule has 0 unspecified atom stereocenters. The van der Waals surface area contributed by atoms with E-state index < -0.39 is 5.41 Å². The minimum absolute atomic E-state index is 0.300. The van der Waals surface area contributed by atoms with Gasteiger partial charge in [0, 0.05) is 5.69 Å². The fourth-order valence-corrected chi connectivity index (χ4v) is 1.99. The minimum Gasteiger partial charge on any atom is -0.383 e. The summed E-state index contributed by atoms with van der Waals surface area (Å²) in [6, 6.07) is 1.92. The molecule has 4 nitrogen and oxygen atoms in total. The quantitative estimate of drug-likeness (QED) is 0.537. The monoisotopic (exact) mass is 272 g/mol. The van der Waals surface area contributed by atoms with Crippen LogP contribution in [-0.4, -0.2) is 20.1 Å². The first-order valence-electron chi connectivity index (χ1n) is 5.18. The van der Waals surface area contributed by atoms with E-state index in [2.05, 4.69) is 5.10 Å². The number of aromatic nitrogens is 2. The lowest BCUT2D eigenvalue weighted by molar-refractivity contribution is -0.141. The number of carbonyl (C=O) groups excluding carboxylic acids is 1. The van der Waals surface area contributed by atoms with Crippen molar-refractivity contribution in [3.63, 3.8) is 0 Å². The van der Waals surface area contributed by atoms with Crippen molar-refractivity contribution in [1.29, 1.82) is 0 Å². The molecule has 0 saturated heterocycles. The lowest BCUT2D eigenvalue weighted by Gasteiger charge is -2.15. The van der Waals surface area contributed by atoms with Gasteiger partial charge < -0.3 is 4.18 Å². The highest BCUT2D eigenvalue weighted by molar-refractivity contribution is 8.20. The zero-order valence-electron chi connectivity index (χ0n) is 10.6. The van der Waals surface area contributed by atoms with Gasteiger partial charge in [-0.2, -0.15) is 5.10 Å². The van der Waals surface area contributed by atoms with Gasteiger partial charge in [-0.25, -0.2) is 4.68 Å². The topological polar surface area (TPSA) is 44.1 Å². The second-order valence-corrected chi connectivity index (χ2v) is 6.17. The van der Waals surface area contributed by atoms with Crippen LogP contribution in [0.1, 0.15) is 32.2 Å². The summed E-state index contributed by atoms with van der Waals surface area (Å²) >= 11 is 6.02. The summed E-state index contributed by atoms with van der Waals surface area (Å²) in [7, 11) is 0. The van der Waals surface area contributed by atoms with E-state index in [0.717, 1.165) is 23.4 Å². The Morgan fingerprint density at radius 2 is 2.06 bits per heavy atom. The second-order valence-electron chi connectivity index (χ2n) is 4.81. The van der Waals surface area contributed by atoms with Crippen molar-refractivity contribution < 1.29 is 8.98 Å². The number of carbonyl (C=O) groups is 1. The average molecular weight is 272 g/mol. The molecular weight excluding hydrogens is 256 g/mol. The molecule has 0 radical (unpaired) electrons. The third kappa shape index (κ3) is 3.81. The minimum atomic E-state index is -0.530. The Morgan fingerprint density at radius 3 is 2.47 bits per heavy atom. The molecule has 0 aromatic carbocycles. The Hall–Kier alpha value is -0.880. The third-order valence-electron chi connectivity index (χ3n) is 1.98. The smallest absolute Gasteiger partial charge is 0.323 e. The van der Waals surface area contributed by atoms with Crippen molar-refractivity contribution in [3.05, 3.63) is 17.5 Å². The lowest BCUT2D eigenvalue weighted by atomic mass is 9.98. The maximum absolute atomic E-state index is 11.6. The molecule has 1 heterocycles. The molecule has 0 aliphatic rings. The molecule has 0 saturated carbocycles. The zero-order chi connectivity index (χ0) is 13.2. The van der Waals surface area contributed by atoms with Crippen molar-refractivity contribution >= 4 is 34.6 Å². The van der Waals surface area contributed by atoms with Gasteiger partial charge >= 0.3 is 5.97 Å². The summed E-state index contributed by atoms with van der Waals surface area (Å²) in [5.41, 5.74) is 1.27. The fourth-order valence-electron chi connectivity index (χ4n) is 1.05. The van der Waals surface area contributed by atoms with Gasteiger partial charge in [0.05, 0.1) is 11.1 Å². The van der Waals surface area contributed by atoms with E-state index in [9.17, 15) is 4.79 Å². The highest BCUT2D eigenvalue weighted by Gasteiger charge is 2.24. The molecule has 0 spiro atoms. The summed E-state index contributed by atoms with van der Waals surface area (Å²) in [4.78, 5) is 11.6. The van der Waals surface area contributed by atoms with Gasteiger partial charge in [0.25, 0.3) is 0 Å². The molecule has 0 bridgehead atoms. The first-order chi connectivity index (χ1) is 7.71. The molecule has 6 heteroatoms. The zero-order valence-corrected chi connectivity index (χ0v) is 12.2. The van der Waals surface area contributed by atoms with E-state index in [1.165, 1.54) is 0 Å². The van der Waals surface area contributed by atoms with Crippen LogP contribution in [0.3, 0.4) is 0 Å². The maximum atomic E-state index is 11.6. The molecule has 1 aromatic heterocycles. The number of rotatable bonds is 0. The van der Waals surface area contributed by atoms with Crippen LogP contribution < -0.4 is 0 Å². The van der Waals surface area contributed by atoms with Gasteiger partial charge in [0.15, 0.2) is 0 Å². The largest absolute Gasteiger partial charge is 0.383 e. The van der Waals surface area contributed by atoms with Crippen LogP contribution in [0.15, 0.2) is 6.07 Å². The Balaban J connectivity index is 2.63. The molecule has 1 aromatic rings. The van der Waals surface area contributed by atoms with E-state index in [1.807, 2.05) is 19.9 Å². The Bertz CT molecular complexity index is 447. The molecule has 0 aliphatic heterocycles. The number of thiocarbonyl (C=S) groups is 1. The maximum Gasteiger partial charge on any atom is 0.323 e. The van der Waals surface area contributed by atoms with Crippen LogP contribution in [0.4, 0.5) is 0 Å². The van der Waals surface area contributed by atoms with Crippen LogP contribution in [0.2, 0.25) is 0 Å². The number of aryl methyl sites for hydroxylation is 2. The van der Waals surface area contributed by atoms with Gasteiger partial charge in [0.1, 0.15) is 12.0 Å². The Labute approximate surface area is 111 Å². The summed E-state index contributed by atoms with van der Waals surface area (Å²) in [6.45, 7) is 9.17.